The van der Waals surface area contributed by atoms with Gasteiger partial charge in [0, 0.05) is 11.3 Å². The monoisotopic (exact) mass is 360 g/mol. The van der Waals surface area contributed by atoms with Crippen molar-refractivity contribution in [1.82, 2.24) is 0 Å². The van der Waals surface area contributed by atoms with Gasteiger partial charge in [0.25, 0.3) is 11.8 Å². The molecule has 0 aliphatic rings. The molecule has 0 saturated carbocycles. The van der Waals surface area contributed by atoms with Crippen molar-refractivity contribution in [2.75, 3.05) is 17.7 Å². The molecule has 3 aromatic rings. The van der Waals surface area contributed by atoms with E-state index in [1.807, 2.05) is 31.2 Å². The van der Waals surface area contributed by atoms with Gasteiger partial charge in [-0.25, -0.2) is 0 Å². The maximum absolute atomic E-state index is 12.7. The molecule has 2 amide bonds. The highest BCUT2D eigenvalue weighted by atomic mass is 16.5. The largest absolute Gasteiger partial charge is 0.497 e. The number of ether oxygens (including phenoxy) is 1. The van der Waals surface area contributed by atoms with Crippen molar-refractivity contribution in [3.8, 4) is 5.75 Å². The Morgan fingerprint density at radius 1 is 0.815 bits per heavy atom. The second kappa shape index (κ2) is 8.19. The molecule has 3 rings (SSSR count). The van der Waals surface area contributed by atoms with Crippen LogP contribution in [0.15, 0.2) is 72.8 Å². The standard InChI is InChI=1S/C22H20N2O3/c1-15-7-5-9-17(13-15)23-22(26)19-11-3-4-12-20(19)24-21(25)16-8-6-10-18(14-16)27-2/h3-14H,1-2H3,(H,23,26)(H,24,25). The number of aryl methyl sites for hydroxylation is 1. The molecule has 0 fully saturated rings. The number of amides is 2. The molecule has 27 heavy (non-hydrogen) atoms. The van der Waals surface area contributed by atoms with Crippen molar-refractivity contribution in [1.29, 1.82) is 0 Å². The molecule has 0 bridgehead atoms. The second-order valence-corrected chi connectivity index (χ2v) is 6.06. The number of rotatable bonds is 5. The van der Waals surface area contributed by atoms with Crippen LogP contribution in [-0.4, -0.2) is 18.9 Å². The van der Waals surface area contributed by atoms with Gasteiger partial charge in [0.1, 0.15) is 5.75 Å². The van der Waals surface area contributed by atoms with Crippen LogP contribution in [-0.2, 0) is 0 Å². The van der Waals surface area contributed by atoms with Gasteiger partial charge in [0.2, 0.25) is 0 Å². The fourth-order valence-corrected chi connectivity index (χ4v) is 2.67. The van der Waals surface area contributed by atoms with Gasteiger partial charge in [-0.1, -0.05) is 30.3 Å². The van der Waals surface area contributed by atoms with Crippen molar-refractivity contribution in [2.45, 2.75) is 6.92 Å². The molecule has 3 aromatic carbocycles. The number of methoxy groups -OCH3 is 1. The number of benzene rings is 3. The summed E-state index contributed by atoms with van der Waals surface area (Å²) in [6.45, 7) is 1.96. The van der Waals surface area contributed by atoms with Crippen LogP contribution in [0, 0.1) is 6.92 Å². The van der Waals surface area contributed by atoms with Crippen LogP contribution in [0.4, 0.5) is 11.4 Å². The topological polar surface area (TPSA) is 67.4 Å². The van der Waals surface area contributed by atoms with Crippen LogP contribution in [0.3, 0.4) is 0 Å². The SMILES string of the molecule is COc1cccc(C(=O)Nc2ccccc2C(=O)Nc2cccc(C)c2)c1. The molecule has 0 aromatic heterocycles. The summed E-state index contributed by atoms with van der Waals surface area (Å²) in [5, 5.41) is 5.66. The summed E-state index contributed by atoms with van der Waals surface area (Å²) >= 11 is 0. The van der Waals surface area contributed by atoms with Crippen LogP contribution in [0.1, 0.15) is 26.3 Å². The van der Waals surface area contributed by atoms with E-state index in [-0.39, 0.29) is 11.8 Å². The van der Waals surface area contributed by atoms with Crippen LogP contribution in [0.2, 0.25) is 0 Å². The normalized spacial score (nSPS) is 10.1. The van der Waals surface area contributed by atoms with Crippen molar-refractivity contribution >= 4 is 23.2 Å². The Morgan fingerprint density at radius 2 is 1.59 bits per heavy atom. The number of anilines is 2. The van der Waals surface area contributed by atoms with E-state index in [0.29, 0.717) is 28.3 Å². The van der Waals surface area contributed by atoms with E-state index in [2.05, 4.69) is 10.6 Å². The van der Waals surface area contributed by atoms with Gasteiger partial charge in [0.05, 0.1) is 18.4 Å². The number of carbonyl (C=O) groups is 2. The Kier molecular flexibility index (Phi) is 5.52. The van der Waals surface area contributed by atoms with E-state index in [4.69, 9.17) is 4.74 Å². The molecule has 0 spiro atoms. The summed E-state index contributed by atoms with van der Waals surface area (Å²) in [4.78, 5) is 25.2. The summed E-state index contributed by atoms with van der Waals surface area (Å²) in [5.74, 6) is -0.0139. The predicted molar refractivity (Wildman–Crippen MR) is 107 cm³/mol. The Hall–Kier alpha value is -3.60. The predicted octanol–water partition coefficient (Wildman–Crippen LogP) is 4.51. The van der Waals surface area contributed by atoms with E-state index in [1.165, 1.54) is 0 Å². The summed E-state index contributed by atoms with van der Waals surface area (Å²) < 4.78 is 5.15. The number of para-hydroxylation sites is 1. The van der Waals surface area contributed by atoms with Crippen molar-refractivity contribution in [2.24, 2.45) is 0 Å². The summed E-state index contributed by atoms with van der Waals surface area (Å²) in [6.07, 6.45) is 0. The first-order valence-electron chi connectivity index (χ1n) is 8.49. The fourth-order valence-electron chi connectivity index (χ4n) is 2.67. The van der Waals surface area contributed by atoms with Gasteiger partial charge in [-0.2, -0.15) is 0 Å². The third-order valence-electron chi connectivity index (χ3n) is 4.03. The van der Waals surface area contributed by atoms with Crippen molar-refractivity contribution in [3.63, 3.8) is 0 Å². The smallest absolute Gasteiger partial charge is 0.257 e. The molecule has 0 atom stereocenters. The molecule has 0 heterocycles. The molecule has 0 unspecified atom stereocenters. The fraction of sp³-hybridized carbons (Fsp3) is 0.0909. The van der Waals surface area contributed by atoms with E-state index >= 15 is 0 Å². The van der Waals surface area contributed by atoms with Crippen LogP contribution in [0.5, 0.6) is 5.75 Å². The van der Waals surface area contributed by atoms with E-state index in [1.54, 1.807) is 55.6 Å². The molecule has 2 N–H and O–H groups in total. The van der Waals surface area contributed by atoms with Crippen LogP contribution in [0.25, 0.3) is 0 Å². The Balaban J connectivity index is 1.81. The minimum Gasteiger partial charge on any atom is -0.497 e. The first-order chi connectivity index (χ1) is 13.1. The molecule has 0 aliphatic carbocycles. The number of nitrogens with one attached hydrogen (secondary N) is 2. The molecule has 0 aliphatic heterocycles. The van der Waals surface area contributed by atoms with Gasteiger partial charge in [-0.05, 0) is 55.0 Å². The maximum atomic E-state index is 12.7. The lowest BCUT2D eigenvalue weighted by Crippen LogP contribution is -2.18. The van der Waals surface area contributed by atoms with Crippen molar-refractivity contribution < 1.29 is 14.3 Å². The Labute approximate surface area is 158 Å². The Morgan fingerprint density at radius 3 is 2.37 bits per heavy atom. The van der Waals surface area contributed by atoms with Gasteiger partial charge in [-0.3, -0.25) is 9.59 Å². The Bertz CT molecular complexity index is 983. The number of carbonyl (C=O) groups excluding carboxylic acids is 2. The lowest BCUT2D eigenvalue weighted by Gasteiger charge is -2.12. The zero-order chi connectivity index (χ0) is 19.2. The van der Waals surface area contributed by atoms with E-state index in [0.717, 1.165) is 5.56 Å². The lowest BCUT2D eigenvalue weighted by atomic mass is 10.1. The second-order valence-electron chi connectivity index (χ2n) is 6.06. The first-order valence-corrected chi connectivity index (χ1v) is 8.49. The molecule has 0 radical (unpaired) electrons. The highest BCUT2D eigenvalue weighted by Crippen LogP contribution is 2.20. The molecular formula is C22H20N2O3. The molecule has 5 heteroatoms. The average molecular weight is 360 g/mol. The summed E-state index contributed by atoms with van der Waals surface area (Å²) in [7, 11) is 1.54. The van der Waals surface area contributed by atoms with E-state index < -0.39 is 0 Å². The molecule has 136 valence electrons. The first kappa shape index (κ1) is 18.2. The minimum atomic E-state index is -0.315. The summed E-state index contributed by atoms with van der Waals surface area (Å²) in [5.41, 5.74) is 3.02. The van der Waals surface area contributed by atoms with Gasteiger partial charge in [0.15, 0.2) is 0 Å². The highest BCUT2D eigenvalue weighted by Gasteiger charge is 2.14. The van der Waals surface area contributed by atoms with Gasteiger partial charge in [-0.15, -0.1) is 0 Å². The highest BCUT2D eigenvalue weighted by molar-refractivity contribution is 6.12. The number of hydrogen-bond acceptors (Lipinski definition) is 3. The quantitative estimate of drug-likeness (QED) is 0.703. The van der Waals surface area contributed by atoms with Crippen LogP contribution >= 0.6 is 0 Å². The van der Waals surface area contributed by atoms with Gasteiger partial charge >= 0.3 is 0 Å². The van der Waals surface area contributed by atoms with E-state index in [9.17, 15) is 9.59 Å². The molecule has 0 saturated heterocycles. The minimum absolute atomic E-state index is 0.290. The molecule has 5 nitrogen and oxygen atoms in total. The van der Waals surface area contributed by atoms with Gasteiger partial charge < -0.3 is 15.4 Å². The lowest BCUT2D eigenvalue weighted by molar-refractivity contribution is 0.102. The average Bonchev–Trinajstić information content (AvgIpc) is 2.68. The summed E-state index contributed by atoms with van der Waals surface area (Å²) in [6, 6.07) is 21.3. The third-order valence-corrected chi connectivity index (χ3v) is 4.03. The van der Waals surface area contributed by atoms with Crippen molar-refractivity contribution in [3.05, 3.63) is 89.5 Å². The van der Waals surface area contributed by atoms with Crippen LogP contribution < -0.4 is 15.4 Å². The number of hydrogen-bond donors (Lipinski definition) is 2. The zero-order valence-corrected chi connectivity index (χ0v) is 15.2. The third kappa shape index (κ3) is 4.52. The maximum Gasteiger partial charge on any atom is 0.257 e. The molecular weight excluding hydrogens is 340 g/mol. The zero-order valence-electron chi connectivity index (χ0n) is 15.2.